The molecule has 7 heteroatoms. The lowest BCUT2D eigenvalue weighted by molar-refractivity contribution is -0.138. The number of nitrogens with zero attached hydrogens (tertiary/aromatic N) is 1. The third kappa shape index (κ3) is 3.92. The Hall–Kier alpha value is -3.79. The van der Waals surface area contributed by atoms with Crippen molar-refractivity contribution in [2.45, 2.75) is 12.8 Å². The zero-order valence-electron chi connectivity index (χ0n) is 15.9. The van der Waals surface area contributed by atoms with Crippen LogP contribution in [0.2, 0.25) is 0 Å². The van der Waals surface area contributed by atoms with Gasteiger partial charge in [0.2, 0.25) is 5.88 Å². The van der Waals surface area contributed by atoms with Gasteiger partial charge in [-0.05, 0) is 48.9 Å². The number of nitriles is 1. The summed E-state index contributed by atoms with van der Waals surface area (Å²) in [6, 6.07) is 14.4. The number of allylic oxidation sites excluding steroid dienone is 1. The first-order valence-corrected chi connectivity index (χ1v) is 8.88. The van der Waals surface area contributed by atoms with Gasteiger partial charge in [0.1, 0.15) is 29.0 Å². The summed E-state index contributed by atoms with van der Waals surface area (Å²) in [6.45, 7) is 1.79. The second kappa shape index (κ2) is 8.48. The van der Waals surface area contributed by atoms with Gasteiger partial charge in [-0.3, -0.25) is 0 Å². The lowest BCUT2D eigenvalue weighted by atomic mass is 9.82. The van der Waals surface area contributed by atoms with E-state index in [2.05, 4.69) is 0 Å². The van der Waals surface area contributed by atoms with Crippen molar-refractivity contribution in [3.8, 4) is 11.8 Å². The second-order valence-corrected chi connectivity index (χ2v) is 6.17. The summed E-state index contributed by atoms with van der Waals surface area (Å²) in [6.07, 6.45) is 0. The maximum Gasteiger partial charge on any atom is 0.338 e. The summed E-state index contributed by atoms with van der Waals surface area (Å²) < 4.78 is 30.0. The van der Waals surface area contributed by atoms with Crippen LogP contribution in [0.4, 0.5) is 4.39 Å². The molecule has 1 atom stereocenters. The van der Waals surface area contributed by atoms with E-state index < -0.39 is 17.7 Å². The molecule has 2 aromatic carbocycles. The number of hydrogen-bond donors (Lipinski definition) is 1. The van der Waals surface area contributed by atoms with Crippen molar-refractivity contribution in [3.63, 3.8) is 0 Å². The van der Waals surface area contributed by atoms with Gasteiger partial charge in [-0.25, -0.2) is 9.18 Å². The van der Waals surface area contributed by atoms with Gasteiger partial charge in [-0.15, -0.1) is 0 Å². The molecule has 2 N–H and O–H groups in total. The summed E-state index contributed by atoms with van der Waals surface area (Å²) in [4.78, 5) is 12.9. The van der Waals surface area contributed by atoms with Crippen LogP contribution in [0.1, 0.15) is 24.0 Å². The fourth-order valence-corrected chi connectivity index (χ4v) is 3.15. The Kier molecular flexibility index (Phi) is 5.84. The molecule has 0 fully saturated rings. The number of carbonyl (C=O) groups excluding carboxylic acids is 1. The molecule has 1 heterocycles. The summed E-state index contributed by atoms with van der Waals surface area (Å²) >= 11 is 0. The van der Waals surface area contributed by atoms with Crippen LogP contribution in [0.5, 0.6) is 5.75 Å². The molecule has 0 spiro atoms. The van der Waals surface area contributed by atoms with Crippen molar-refractivity contribution >= 4 is 11.7 Å². The molecule has 0 bridgehead atoms. The fraction of sp³-hybridized carbons (Fsp3) is 0.182. The molecule has 0 radical (unpaired) electrons. The predicted octanol–water partition coefficient (Wildman–Crippen LogP) is 3.62. The van der Waals surface area contributed by atoms with Crippen molar-refractivity contribution < 1.29 is 23.4 Å². The van der Waals surface area contributed by atoms with E-state index in [0.717, 1.165) is 0 Å². The Balaban J connectivity index is 2.26. The fourth-order valence-electron chi connectivity index (χ4n) is 3.15. The Labute approximate surface area is 167 Å². The van der Waals surface area contributed by atoms with E-state index in [0.29, 0.717) is 16.9 Å². The van der Waals surface area contributed by atoms with Crippen molar-refractivity contribution in [2.24, 2.45) is 5.73 Å². The van der Waals surface area contributed by atoms with Crippen LogP contribution in [-0.4, -0.2) is 19.7 Å². The molecular formula is C22H19FN2O4. The summed E-state index contributed by atoms with van der Waals surface area (Å²) in [5.74, 6) is -1.49. The van der Waals surface area contributed by atoms with Crippen molar-refractivity contribution in [2.75, 3.05) is 13.7 Å². The number of rotatable bonds is 5. The van der Waals surface area contributed by atoms with Crippen LogP contribution in [0, 0.1) is 17.1 Å². The highest BCUT2D eigenvalue weighted by Gasteiger charge is 2.38. The summed E-state index contributed by atoms with van der Waals surface area (Å²) in [5.41, 5.74) is 7.02. The number of esters is 1. The average Bonchev–Trinajstić information content (AvgIpc) is 2.73. The first-order chi connectivity index (χ1) is 14.0. The second-order valence-electron chi connectivity index (χ2n) is 6.17. The van der Waals surface area contributed by atoms with Crippen LogP contribution in [0.15, 0.2) is 65.6 Å². The van der Waals surface area contributed by atoms with Crippen molar-refractivity contribution in [1.82, 2.24) is 0 Å². The highest BCUT2D eigenvalue weighted by atomic mass is 19.1. The number of methoxy groups -OCH3 is 1. The maximum atomic E-state index is 13.9. The maximum absolute atomic E-state index is 13.9. The molecule has 1 aliphatic heterocycles. The van der Waals surface area contributed by atoms with Gasteiger partial charge in [-0.2, -0.15) is 5.26 Å². The van der Waals surface area contributed by atoms with Gasteiger partial charge in [0, 0.05) is 5.56 Å². The normalized spacial score (nSPS) is 16.1. The van der Waals surface area contributed by atoms with Gasteiger partial charge in [0.25, 0.3) is 0 Å². The van der Waals surface area contributed by atoms with E-state index in [1.165, 1.54) is 25.3 Å². The monoisotopic (exact) mass is 394 g/mol. The molecule has 0 saturated heterocycles. The van der Waals surface area contributed by atoms with Crippen LogP contribution in [0.25, 0.3) is 5.76 Å². The third-order valence-electron chi connectivity index (χ3n) is 4.45. The third-order valence-corrected chi connectivity index (χ3v) is 4.45. The molecule has 3 rings (SSSR count). The van der Waals surface area contributed by atoms with Gasteiger partial charge < -0.3 is 19.9 Å². The molecule has 6 nitrogen and oxygen atoms in total. The lowest BCUT2D eigenvalue weighted by Crippen LogP contribution is -2.26. The predicted molar refractivity (Wildman–Crippen MR) is 104 cm³/mol. The minimum atomic E-state index is -0.930. The van der Waals surface area contributed by atoms with E-state index in [9.17, 15) is 14.4 Å². The van der Waals surface area contributed by atoms with Gasteiger partial charge >= 0.3 is 5.97 Å². The topological polar surface area (TPSA) is 94.6 Å². The molecule has 1 aliphatic rings. The Morgan fingerprint density at radius 2 is 2.00 bits per heavy atom. The number of nitrogens with two attached hydrogens (primary N) is 1. The van der Waals surface area contributed by atoms with Crippen LogP contribution in [0.3, 0.4) is 0 Å². The van der Waals surface area contributed by atoms with E-state index in [1.807, 2.05) is 6.07 Å². The van der Waals surface area contributed by atoms with Crippen LogP contribution in [-0.2, 0) is 14.3 Å². The minimum absolute atomic E-state index is 0.0101. The van der Waals surface area contributed by atoms with Gasteiger partial charge in [-0.1, -0.05) is 12.1 Å². The van der Waals surface area contributed by atoms with Gasteiger partial charge in [0.15, 0.2) is 0 Å². The quantitative estimate of drug-likeness (QED) is 0.779. The van der Waals surface area contributed by atoms with E-state index in [-0.39, 0.29) is 29.4 Å². The zero-order chi connectivity index (χ0) is 21.0. The smallest absolute Gasteiger partial charge is 0.338 e. The number of halogens is 1. The van der Waals surface area contributed by atoms with Crippen molar-refractivity contribution in [1.29, 1.82) is 5.26 Å². The van der Waals surface area contributed by atoms with E-state index >= 15 is 0 Å². The molecule has 1 unspecified atom stereocenters. The molecule has 2 aromatic rings. The summed E-state index contributed by atoms with van der Waals surface area (Å²) in [5, 5.41) is 9.66. The average molecular weight is 394 g/mol. The minimum Gasteiger partial charge on any atom is -0.497 e. The molecule has 29 heavy (non-hydrogen) atoms. The highest BCUT2D eigenvalue weighted by Crippen LogP contribution is 2.43. The number of hydrogen-bond acceptors (Lipinski definition) is 6. The van der Waals surface area contributed by atoms with Crippen molar-refractivity contribution in [3.05, 3.63) is 82.5 Å². The molecule has 148 valence electrons. The number of benzene rings is 2. The first-order valence-electron chi connectivity index (χ1n) is 8.88. The molecule has 0 aliphatic carbocycles. The largest absolute Gasteiger partial charge is 0.497 e. The lowest BCUT2D eigenvalue weighted by Gasteiger charge is -2.28. The Morgan fingerprint density at radius 3 is 2.59 bits per heavy atom. The SMILES string of the molecule is CCOC(=O)C1=C(c2ccc(OC)cc2)OC(N)=C(C#N)C1c1cccc(F)c1. The first kappa shape index (κ1) is 20.0. The Bertz CT molecular complexity index is 1040. The highest BCUT2D eigenvalue weighted by molar-refractivity contribution is 5.99. The van der Waals surface area contributed by atoms with E-state index in [4.69, 9.17) is 19.9 Å². The molecule has 0 amide bonds. The summed E-state index contributed by atoms with van der Waals surface area (Å²) in [7, 11) is 1.54. The molecular weight excluding hydrogens is 375 g/mol. The van der Waals surface area contributed by atoms with Gasteiger partial charge in [0.05, 0.1) is 25.2 Å². The molecule has 0 saturated carbocycles. The molecule has 0 aromatic heterocycles. The zero-order valence-corrected chi connectivity index (χ0v) is 15.9. The Morgan fingerprint density at radius 1 is 1.28 bits per heavy atom. The number of ether oxygens (including phenoxy) is 3. The van der Waals surface area contributed by atoms with Crippen LogP contribution >= 0.6 is 0 Å². The standard InChI is InChI=1S/C22H19FN2O4/c1-3-28-22(26)19-18(14-5-4-6-15(23)11-14)17(12-24)21(25)29-20(19)13-7-9-16(27-2)10-8-13/h4-11,18H,3,25H2,1-2H3. The van der Waals surface area contributed by atoms with E-state index in [1.54, 1.807) is 37.3 Å². The number of carbonyl (C=O) groups is 1. The van der Waals surface area contributed by atoms with Crippen LogP contribution < -0.4 is 10.5 Å².